The summed E-state index contributed by atoms with van der Waals surface area (Å²) in [6.45, 7) is 0.790. The molecule has 1 nitrogen and oxygen atoms in total. The van der Waals surface area contributed by atoms with Gasteiger partial charge in [-0.3, -0.25) is 0 Å². The minimum atomic E-state index is -0.490. The van der Waals surface area contributed by atoms with E-state index in [1.807, 2.05) is 0 Å². The molecular weight excluding hydrogens is 143 g/mol. The van der Waals surface area contributed by atoms with E-state index in [0.717, 1.165) is 6.61 Å². The molecular formula is C9H6FO. The first-order valence-corrected chi connectivity index (χ1v) is 3.02. The van der Waals surface area contributed by atoms with Crippen LogP contribution in [0.25, 0.3) is 0 Å². The minimum Gasteiger partial charge on any atom is -0.385 e. The second-order valence-electron chi connectivity index (χ2n) is 1.98. The standard InChI is InChI=1S/C9H6FO/c1-2-8-7(6-11)4-3-5-9(8)10/h1,3-6,11H. The number of hydrogen-bond donors (Lipinski definition) is 1. The Bertz CT molecular complexity index is 299. The Morgan fingerprint density at radius 2 is 2.27 bits per heavy atom. The van der Waals surface area contributed by atoms with Gasteiger partial charge in [-0.05, 0) is 6.07 Å². The lowest BCUT2D eigenvalue weighted by atomic mass is 10.1. The van der Waals surface area contributed by atoms with Crippen LogP contribution in [0.4, 0.5) is 4.39 Å². The summed E-state index contributed by atoms with van der Waals surface area (Å²) in [5.41, 5.74) is 0.419. The average molecular weight is 149 g/mol. The Morgan fingerprint density at radius 1 is 1.55 bits per heavy atom. The second kappa shape index (κ2) is 3.18. The molecule has 1 radical (unpaired) electrons. The van der Waals surface area contributed by atoms with Crippen LogP contribution in [0.15, 0.2) is 18.2 Å². The van der Waals surface area contributed by atoms with Crippen molar-refractivity contribution in [2.75, 3.05) is 0 Å². The van der Waals surface area contributed by atoms with E-state index in [9.17, 15) is 4.39 Å². The molecule has 1 aromatic carbocycles. The van der Waals surface area contributed by atoms with E-state index in [-0.39, 0.29) is 5.56 Å². The van der Waals surface area contributed by atoms with Crippen LogP contribution in [0.1, 0.15) is 11.1 Å². The monoisotopic (exact) mass is 149 g/mol. The zero-order chi connectivity index (χ0) is 8.27. The van der Waals surface area contributed by atoms with Crippen LogP contribution < -0.4 is 0 Å². The average Bonchev–Trinajstić information content (AvgIpc) is 2.04. The fraction of sp³-hybridized carbons (Fsp3) is 0. The van der Waals surface area contributed by atoms with Gasteiger partial charge in [-0.25, -0.2) is 4.39 Å². The lowest BCUT2D eigenvalue weighted by molar-refractivity contribution is 0.413. The number of halogens is 1. The topological polar surface area (TPSA) is 20.2 Å². The zero-order valence-corrected chi connectivity index (χ0v) is 5.71. The van der Waals surface area contributed by atoms with Gasteiger partial charge < -0.3 is 5.11 Å². The summed E-state index contributed by atoms with van der Waals surface area (Å²) in [5, 5.41) is 8.59. The Hall–Kier alpha value is -1.33. The van der Waals surface area contributed by atoms with Gasteiger partial charge in [0.15, 0.2) is 0 Å². The quantitative estimate of drug-likeness (QED) is 0.602. The van der Waals surface area contributed by atoms with Gasteiger partial charge >= 0.3 is 0 Å². The van der Waals surface area contributed by atoms with Crippen molar-refractivity contribution in [3.8, 4) is 12.3 Å². The molecule has 55 valence electrons. The molecule has 0 aliphatic carbocycles. The Labute approximate surface area is 64.5 Å². The lowest BCUT2D eigenvalue weighted by Gasteiger charge is -1.99. The van der Waals surface area contributed by atoms with E-state index in [1.165, 1.54) is 18.2 Å². The molecule has 2 heteroatoms. The molecule has 1 N–H and O–H groups in total. The van der Waals surface area contributed by atoms with Crippen molar-refractivity contribution < 1.29 is 9.50 Å². The second-order valence-corrected chi connectivity index (χ2v) is 1.98. The minimum absolute atomic E-state index is 0.0926. The van der Waals surface area contributed by atoms with Gasteiger partial charge in [0.2, 0.25) is 0 Å². The van der Waals surface area contributed by atoms with E-state index in [4.69, 9.17) is 11.5 Å². The number of hydrogen-bond acceptors (Lipinski definition) is 1. The van der Waals surface area contributed by atoms with Crippen molar-refractivity contribution in [2.45, 2.75) is 0 Å². The van der Waals surface area contributed by atoms with Crippen molar-refractivity contribution in [2.24, 2.45) is 0 Å². The SMILES string of the molecule is C#Cc1c(F)cccc1[CH]O. The van der Waals surface area contributed by atoms with Crippen LogP contribution in [-0.2, 0) is 0 Å². The van der Waals surface area contributed by atoms with E-state index < -0.39 is 5.82 Å². The summed E-state index contributed by atoms with van der Waals surface area (Å²) in [7, 11) is 0. The van der Waals surface area contributed by atoms with Gasteiger partial charge in [-0.15, -0.1) is 6.42 Å². The molecule has 0 amide bonds. The van der Waals surface area contributed by atoms with Crippen LogP contribution >= 0.6 is 0 Å². The van der Waals surface area contributed by atoms with Crippen LogP contribution in [0, 0.1) is 24.8 Å². The van der Waals surface area contributed by atoms with Gasteiger partial charge in [0.1, 0.15) is 12.4 Å². The van der Waals surface area contributed by atoms with Crippen LogP contribution in [0.5, 0.6) is 0 Å². The fourth-order valence-corrected chi connectivity index (χ4v) is 0.801. The molecule has 0 saturated carbocycles. The third-order valence-corrected chi connectivity index (χ3v) is 1.33. The van der Waals surface area contributed by atoms with E-state index in [2.05, 4.69) is 5.92 Å². The summed E-state index contributed by atoms with van der Waals surface area (Å²) >= 11 is 0. The largest absolute Gasteiger partial charge is 0.385 e. The molecule has 1 rings (SSSR count). The van der Waals surface area contributed by atoms with E-state index in [0.29, 0.717) is 5.56 Å². The van der Waals surface area contributed by atoms with E-state index >= 15 is 0 Å². The molecule has 0 bridgehead atoms. The predicted molar refractivity (Wildman–Crippen MR) is 39.7 cm³/mol. The smallest absolute Gasteiger partial charge is 0.139 e. The van der Waals surface area contributed by atoms with Gasteiger partial charge in [0.25, 0.3) is 0 Å². The molecule has 0 spiro atoms. The Balaban J connectivity index is 3.27. The normalized spacial score (nSPS) is 9.18. The molecule has 0 aromatic heterocycles. The van der Waals surface area contributed by atoms with Crippen molar-refractivity contribution in [3.63, 3.8) is 0 Å². The van der Waals surface area contributed by atoms with Gasteiger partial charge in [0, 0.05) is 5.56 Å². The molecule has 0 aliphatic rings. The number of benzene rings is 1. The lowest BCUT2D eigenvalue weighted by Crippen LogP contribution is -1.90. The molecule has 1 aromatic rings. The number of terminal acetylenes is 1. The molecule has 0 saturated heterocycles. The third kappa shape index (κ3) is 1.39. The Morgan fingerprint density at radius 3 is 2.73 bits per heavy atom. The van der Waals surface area contributed by atoms with Crippen LogP contribution in [0.2, 0.25) is 0 Å². The van der Waals surface area contributed by atoms with Gasteiger partial charge in [0.05, 0.1) is 5.56 Å². The van der Waals surface area contributed by atoms with Crippen molar-refractivity contribution in [1.29, 1.82) is 0 Å². The Kier molecular flexibility index (Phi) is 2.25. The summed E-state index contributed by atoms with van der Waals surface area (Å²) in [6, 6.07) is 4.28. The van der Waals surface area contributed by atoms with Gasteiger partial charge in [-0.2, -0.15) is 0 Å². The van der Waals surface area contributed by atoms with Crippen molar-refractivity contribution in [1.82, 2.24) is 0 Å². The van der Waals surface area contributed by atoms with Crippen molar-refractivity contribution >= 4 is 0 Å². The fourth-order valence-electron chi connectivity index (χ4n) is 0.801. The number of rotatable bonds is 1. The third-order valence-electron chi connectivity index (χ3n) is 1.33. The highest BCUT2D eigenvalue weighted by Gasteiger charge is 2.03. The molecule has 11 heavy (non-hydrogen) atoms. The molecule has 0 fully saturated rings. The summed E-state index contributed by atoms with van der Waals surface area (Å²) in [5.74, 6) is 1.66. The highest BCUT2D eigenvalue weighted by Crippen LogP contribution is 2.12. The first-order chi connectivity index (χ1) is 5.29. The van der Waals surface area contributed by atoms with E-state index in [1.54, 1.807) is 0 Å². The first-order valence-electron chi connectivity index (χ1n) is 3.02. The first kappa shape index (κ1) is 7.77. The van der Waals surface area contributed by atoms with Crippen LogP contribution in [0.3, 0.4) is 0 Å². The van der Waals surface area contributed by atoms with Crippen molar-refractivity contribution in [3.05, 3.63) is 41.8 Å². The number of aliphatic hydroxyl groups is 1. The highest BCUT2D eigenvalue weighted by molar-refractivity contribution is 5.43. The maximum atomic E-state index is 12.8. The maximum absolute atomic E-state index is 12.8. The summed E-state index contributed by atoms with van der Waals surface area (Å²) < 4.78 is 12.8. The highest BCUT2D eigenvalue weighted by atomic mass is 19.1. The van der Waals surface area contributed by atoms with Crippen LogP contribution in [-0.4, -0.2) is 5.11 Å². The predicted octanol–water partition coefficient (Wildman–Crippen LogP) is 1.69. The van der Waals surface area contributed by atoms with Gasteiger partial charge in [-0.1, -0.05) is 18.1 Å². The zero-order valence-electron chi connectivity index (χ0n) is 5.71. The molecule has 0 aliphatic heterocycles. The molecule has 0 unspecified atom stereocenters. The summed E-state index contributed by atoms with van der Waals surface area (Å²) in [4.78, 5) is 0. The maximum Gasteiger partial charge on any atom is 0.139 e. The molecule has 0 heterocycles. The number of aliphatic hydroxyl groups excluding tert-OH is 1. The molecule has 0 atom stereocenters. The summed E-state index contributed by atoms with van der Waals surface area (Å²) in [6.07, 6.45) is 5.01.